The first-order valence-corrected chi connectivity index (χ1v) is 8.36. The van der Waals surface area contributed by atoms with E-state index in [9.17, 15) is 21.6 Å². The summed E-state index contributed by atoms with van der Waals surface area (Å²) in [5, 5.41) is 0. The topological polar surface area (TPSA) is 55.8 Å². The number of halogens is 3. The molecule has 0 bridgehead atoms. The minimum absolute atomic E-state index is 0.00996. The molecule has 3 rings (SSSR count). The van der Waals surface area contributed by atoms with E-state index < -0.39 is 22.3 Å². The maximum absolute atomic E-state index is 12.7. The van der Waals surface area contributed by atoms with Crippen molar-refractivity contribution in [3.05, 3.63) is 29.8 Å². The summed E-state index contributed by atoms with van der Waals surface area (Å²) < 4.78 is 74.3. The monoisotopic (exact) mass is 349 g/mol. The van der Waals surface area contributed by atoms with E-state index in [2.05, 4.69) is 0 Å². The summed E-state index contributed by atoms with van der Waals surface area (Å²) in [5.41, 5.74) is 0.305. The highest BCUT2D eigenvalue weighted by Crippen LogP contribution is 2.34. The molecular weight excluding hydrogens is 335 g/mol. The third-order valence-corrected chi connectivity index (χ3v) is 5.51. The Labute approximate surface area is 131 Å². The predicted octanol–water partition coefficient (Wildman–Crippen LogP) is 2.04. The quantitative estimate of drug-likeness (QED) is 0.820. The van der Waals surface area contributed by atoms with E-state index in [0.717, 1.165) is 6.08 Å². The lowest BCUT2D eigenvalue weighted by molar-refractivity contribution is -0.180. The fourth-order valence-corrected chi connectivity index (χ4v) is 3.85. The largest absolute Gasteiger partial charge is 0.476 e. The number of nitrogens with zero attached hydrogens (tertiary/aromatic N) is 1. The molecule has 0 aliphatic carbocycles. The molecule has 0 radical (unpaired) electrons. The van der Waals surface area contributed by atoms with Crippen molar-refractivity contribution in [2.75, 3.05) is 26.3 Å². The van der Waals surface area contributed by atoms with E-state index in [-0.39, 0.29) is 23.7 Å². The predicted molar refractivity (Wildman–Crippen MR) is 75.5 cm³/mol. The Morgan fingerprint density at radius 2 is 1.87 bits per heavy atom. The molecule has 1 aromatic carbocycles. The Hall–Kier alpha value is -1.58. The van der Waals surface area contributed by atoms with Crippen molar-refractivity contribution in [2.24, 2.45) is 0 Å². The van der Waals surface area contributed by atoms with Crippen LogP contribution in [-0.4, -0.2) is 51.3 Å². The number of rotatable bonds is 2. The molecule has 0 N–H and O–H groups in total. The lowest BCUT2D eigenvalue weighted by Crippen LogP contribution is -2.40. The molecule has 5 nitrogen and oxygen atoms in total. The van der Waals surface area contributed by atoms with Crippen LogP contribution in [0.3, 0.4) is 0 Å². The molecule has 2 aliphatic heterocycles. The summed E-state index contributed by atoms with van der Waals surface area (Å²) in [6, 6.07) is 3.84. The summed E-state index contributed by atoms with van der Waals surface area (Å²) in [6.07, 6.45) is -4.42. The first-order chi connectivity index (χ1) is 10.8. The molecule has 2 aliphatic rings. The van der Waals surface area contributed by atoms with Crippen molar-refractivity contribution in [1.82, 2.24) is 4.31 Å². The first-order valence-electron chi connectivity index (χ1n) is 6.92. The summed E-state index contributed by atoms with van der Waals surface area (Å²) in [6.45, 7) is 1.14. The van der Waals surface area contributed by atoms with Gasteiger partial charge in [0.05, 0.1) is 18.1 Å². The van der Waals surface area contributed by atoms with Gasteiger partial charge in [-0.1, -0.05) is 6.08 Å². The van der Waals surface area contributed by atoms with Gasteiger partial charge in [-0.2, -0.15) is 17.5 Å². The number of hydrogen-bond donors (Lipinski definition) is 0. The molecule has 126 valence electrons. The Kier molecular flexibility index (Phi) is 4.11. The SMILES string of the molecule is O=S(=O)(c1ccc2c(c1)C=C[C@@H](C(F)(F)F)O2)N1CCOCC1. The fraction of sp³-hybridized carbons (Fsp3) is 0.429. The van der Waals surface area contributed by atoms with Crippen LogP contribution < -0.4 is 4.74 Å². The van der Waals surface area contributed by atoms with E-state index in [4.69, 9.17) is 9.47 Å². The number of fused-ring (bicyclic) bond motifs is 1. The highest BCUT2D eigenvalue weighted by Gasteiger charge is 2.41. The van der Waals surface area contributed by atoms with Gasteiger partial charge < -0.3 is 9.47 Å². The average molecular weight is 349 g/mol. The van der Waals surface area contributed by atoms with Gasteiger partial charge >= 0.3 is 6.18 Å². The Bertz CT molecular complexity index is 724. The smallest absolute Gasteiger partial charge is 0.429 e. The Morgan fingerprint density at radius 3 is 2.52 bits per heavy atom. The molecule has 0 unspecified atom stereocenters. The highest BCUT2D eigenvalue weighted by atomic mass is 32.2. The van der Waals surface area contributed by atoms with Gasteiger partial charge in [-0.15, -0.1) is 0 Å². The van der Waals surface area contributed by atoms with Crippen LogP contribution in [0.1, 0.15) is 5.56 Å². The van der Waals surface area contributed by atoms with Crippen molar-refractivity contribution in [3.63, 3.8) is 0 Å². The van der Waals surface area contributed by atoms with Gasteiger partial charge in [0.2, 0.25) is 16.1 Å². The van der Waals surface area contributed by atoms with Crippen molar-refractivity contribution in [1.29, 1.82) is 0 Å². The second kappa shape index (κ2) is 5.81. The van der Waals surface area contributed by atoms with Crippen LogP contribution >= 0.6 is 0 Å². The van der Waals surface area contributed by atoms with Crippen LogP contribution in [-0.2, 0) is 14.8 Å². The van der Waals surface area contributed by atoms with Gasteiger partial charge in [0.15, 0.2) is 0 Å². The molecule has 0 spiro atoms. The van der Waals surface area contributed by atoms with Crippen molar-refractivity contribution >= 4 is 16.1 Å². The zero-order chi connectivity index (χ0) is 16.7. The molecule has 1 saturated heterocycles. The van der Waals surface area contributed by atoms with Crippen LogP contribution in [0.15, 0.2) is 29.2 Å². The fourth-order valence-electron chi connectivity index (χ4n) is 2.40. The maximum Gasteiger partial charge on any atom is 0.429 e. The maximum atomic E-state index is 12.7. The number of sulfonamides is 1. The molecule has 1 aromatic rings. The van der Waals surface area contributed by atoms with Crippen molar-refractivity contribution in [2.45, 2.75) is 17.2 Å². The summed E-state index contributed by atoms with van der Waals surface area (Å²) in [4.78, 5) is 0.0249. The molecule has 1 fully saturated rings. The molecule has 1 atom stereocenters. The van der Waals surface area contributed by atoms with Gasteiger partial charge in [0.25, 0.3) is 0 Å². The molecule has 0 amide bonds. The number of ether oxygens (including phenoxy) is 2. The minimum atomic E-state index is -4.51. The van der Waals surface area contributed by atoms with Gasteiger partial charge in [0, 0.05) is 18.7 Å². The zero-order valence-electron chi connectivity index (χ0n) is 11.9. The second-order valence-corrected chi connectivity index (χ2v) is 7.09. The van der Waals surface area contributed by atoms with E-state index in [0.29, 0.717) is 18.8 Å². The average Bonchev–Trinajstić information content (AvgIpc) is 2.54. The van der Waals surface area contributed by atoms with Gasteiger partial charge in [-0.25, -0.2) is 8.42 Å². The summed E-state index contributed by atoms with van der Waals surface area (Å²) in [5.74, 6) is 0.00996. The molecule has 0 aromatic heterocycles. The van der Waals surface area contributed by atoms with E-state index >= 15 is 0 Å². The number of alkyl halides is 3. The van der Waals surface area contributed by atoms with Crippen LogP contribution in [0, 0.1) is 0 Å². The highest BCUT2D eigenvalue weighted by molar-refractivity contribution is 7.89. The standard InChI is InChI=1S/C14H14F3NO4S/c15-14(16,17)13-4-1-10-9-11(2-3-12(10)22-13)23(19,20)18-5-7-21-8-6-18/h1-4,9,13H,5-8H2/t13-/m0/s1. The Balaban J connectivity index is 1.88. The minimum Gasteiger partial charge on any atom is -0.476 e. The number of benzene rings is 1. The lowest BCUT2D eigenvalue weighted by Gasteiger charge is -2.27. The number of morpholine rings is 1. The van der Waals surface area contributed by atoms with E-state index in [1.807, 2.05) is 0 Å². The Morgan fingerprint density at radius 1 is 1.17 bits per heavy atom. The van der Waals surface area contributed by atoms with Crippen LogP contribution in [0.4, 0.5) is 13.2 Å². The summed E-state index contributed by atoms with van der Waals surface area (Å²) >= 11 is 0. The van der Waals surface area contributed by atoms with Crippen LogP contribution in [0.5, 0.6) is 5.75 Å². The zero-order valence-corrected chi connectivity index (χ0v) is 12.7. The van der Waals surface area contributed by atoms with Gasteiger partial charge in [0.1, 0.15) is 5.75 Å². The number of hydrogen-bond acceptors (Lipinski definition) is 4. The molecule has 9 heteroatoms. The molecule has 2 heterocycles. The van der Waals surface area contributed by atoms with Crippen LogP contribution in [0.2, 0.25) is 0 Å². The van der Waals surface area contributed by atoms with Crippen molar-refractivity contribution in [3.8, 4) is 5.75 Å². The second-order valence-electron chi connectivity index (χ2n) is 5.16. The normalized spacial score (nSPS) is 22.5. The van der Waals surface area contributed by atoms with Crippen molar-refractivity contribution < 1.29 is 31.1 Å². The first kappa shape index (κ1) is 16.3. The van der Waals surface area contributed by atoms with Crippen LogP contribution in [0.25, 0.3) is 6.08 Å². The molecule has 23 heavy (non-hydrogen) atoms. The lowest BCUT2D eigenvalue weighted by atomic mass is 10.1. The van der Waals surface area contributed by atoms with E-state index in [1.54, 1.807) is 0 Å². The molecule has 0 saturated carbocycles. The molecular formula is C14H14F3NO4S. The summed E-state index contributed by atoms with van der Waals surface area (Å²) in [7, 11) is -3.70. The third kappa shape index (κ3) is 3.22. The van der Waals surface area contributed by atoms with E-state index in [1.165, 1.54) is 28.6 Å². The van der Waals surface area contributed by atoms with Gasteiger partial charge in [-0.3, -0.25) is 0 Å². The third-order valence-electron chi connectivity index (χ3n) is 3.62. The van der Waals surface area contributed by atoms with Gasteiger partial charge in [-0.05, 0) is 24.3 Å².